The first-order chi connectivity index (χ1) is 16.6. The molecule has 4 heteroatoms. The Bertz CT molecular complexity index is 894. The predicted octanol–water partition coefficient (Wildman–Crippen LogP) is 7.88. The zero-order valence-electron chi connectivity index (χ0n) is 23.4. The molecule has 191 valence electrons. The van der Waals surface area contributed by atoms with Crippen LogP contribution >= 0.6 is 0 Å². The summed E-state index contributed by atoms with van der Waals surface area (Å²) in [5.41, 5.74) is 2.87. The molecule has 36 heavy (non-hydrogen) atoms. The quantitative estimate of drug-likeness (QED) is 0.195. The molecule has 4 rings (SSSR count). The molecule has 0 atom stereocenters. The summed E-state index contributed by atoms with van der Waals surface area (Å²) in [7, 11) is -1.37. The number of rotatable bonds is 8. The maximum Gasteiger partial charge on any atom is 0.103 e. The molecule has 0 saturated heterocycles. The van der Waals surface area contributed by atoms with Crippen molar-refractivity contribution in [1.29, 1.82) is 0 Å². The molecule has 1 radical (unpaired) electrons. The van der Waals surface area contributed by atoms with Gasteiger partial charge in [0.25, 0.3) is 0 Å². The molecule has 0 aromatic heterocycles. The molecule has 0 spiro atoms. The van der Waals surface area contributed by atoms with Crippen molar-refractivity contribution in [3.8, 4) is 0 Å². The summed E-state index contributed by atoms with van der Waals surface area (Å²) in [5.74, 6) is 0. The third kappa shape index (κ3) is 16.6. The first-order valence-electron chi connectivity index (χ1n) is 13.1. The Hall–Kier alpha value is -1.08. The molecule has 2 aliphatic rings. The maximum absolute atomic E-state index is 3.36. The van der Waals surface area contributed by atoms with E-state index in [2.05, 4.69) is 136 Å². The van der Waals surface area contributed by atoms with Crippen molar-refractivity contribution in [3.05, 3.63) is 108 Å². The first kappa shape index (κ1) is 32.9. The van der Waals surface area contributed by atoms with Crippen LogP contribution in [0.4, 0.5) is 0 Å². The zero-order valence-corrected chi connectivity index (χ0v) is 30.2. The molecular formula is C32H45HfSi3-2. The topological polar surface area (TPSA) is 0 Å². The van der Waals surface area contributed by atoms with Crippen LogP contribution in [0.3, 0.4) is 0 Å². The molecule has 0 N–H and O–H groups in total. The van der Waals surface area contributed by atoms with E-state index in [1.54, 1.807) is 0 Å². The van der Waals surface area contributed by atoms with Crippen molar-refractivity contribution >= 4 is 36.0 Å². The smallest absolute Gasteiger partial charge is 0.103 e. The number of hydrogen-bond acceptors (Lipinski definition) is 0. The Balaban J connectivity index is 0.000000268. The third-order valence-electron chi connectivity index (χ3n) is 5.75. The number of hydrogen-bond donors (Lipinski definition) is 0. The minimum atomic E-state index is -0.819. The normalized spacial score (nSPS) is 14.1. The van der Waals surface area contributed by atoms with Gasteiger partial charge in [0.05, 0.1) is 0 Å². The second kappa shape index (κ2) is 17.4. The van der Waals surface area contributed by atoms with Gasteiger partial charge in [0.15, 0.2) is 0 Å². The van der Waals surface area contributed by atoms with Crippen molar-refractivity contribution in [1.82, 2.24) is 0 Å². The maximum atomic E-state index is 3.36. The molecule has 0 saturated carbocycles. The Morgan fingerprint density at radius 2 is 0.972 bits per heavy atom. The summed E-state index contributed by atoms with van der Waals surface area (Å²) < 4.78 is 0. The summed E-state index contributed by atoms with van der Waals surface area (Å²) >= 11 is 0. The van der Waals surface area contributed by atoms with E-state index < -0.39 is 16.1 Å². The van der Waals surface area contributed by atoms with Crippen molar-refractivity contribution < 1.29 is 25.8 Å². The molecule has 2 aliphatic carbocycles. The molecule has 2 aromatic rings. The Kier molecular flexibility index (Phi) is 16.0. The monoisotopic (exact) mass is 693 g/mol. The standard InChI is InChI=1S/C12H11Si.2C10H17Si.Hf/c1-3-7-11(8-4-1)13-12-9-5-2-6-10-12;2*1-11(2,3)9-8-10-6-4-5-7-10;/h1-10,13H;2*4,6H,5,8-9H2,1-3H3;/q;2*-1;. The Morgan fingerprint density at radius 3 is 1.25 bits per heavy atom. The van der Waals surface area contributed by atoms with Gasteiger partial charge in [-0.2, -0.15) is 12.2 Å². The van der Waals surface area contributed by atoms with E-state index in [1.165, 1.54) is 46.4 Å². The molecule has 0 amide bonds. The SMILES string of the molecule is C[Si](C)(C)CCC1=[C-]CC=C1.C[Si](C)(C)CCC1=[C-]CC=C1.[Hf].c1ccc([SiH]c2ccccc2)cc1. The van der Waals surface area contributed by atoms with E-state index in [-0.39, 0.29) is 35.4 Å². The number of benzene rings is 2. The Morgan fingerprint density at radius 1 is 0.611 bits per heavy atom. The average Bonchev–Trinajstić information content (AvgIpc) is 3.52. The van der Waals surface area contributed by atoms with Gasteiger partial charge in [-0.05, 0) is 0 Å². The first-order valence-corrected chi connectivity index (χ1v) is 21.6. The zero-order chi connectivity index (χ0) is 25.6. The third-order valence-corrected chi connectivity index (χ3v) is 10.7. The van der Waals surface area contributed by atoms with E-state index in [1.807, 2.05) is 0 Å². The molecule has 0 nitrogen and oxygen atoms in total. The van der Waals surface area contributed by atoms with Gasteiger partial charge in [0.1, 0.15) is 9.52 Å². The van der Waals surface area contributed by atoms with Crippen molar-refractivity contribution in [3.63, 3.8) is 0 Å². The Labute approximate surface area is 245 Å². The number of allylic oxidation sites excluding steroid dienone is 8. The molecule has 0 heterocycles. The van der Waals surface area contributed by atoms with Gasteiger partial charge in [0.2, 0.25) is 0 Å². The summed E-state index contributed by atoms with van der Waals surface area (Å²) in [5, 5.41) is 2.90. The summed E-state index contributed by atoms with van der Waals surface area (Å²) in [4.78, 5) is 0. The average molecular weight is 692 g/mol. The van der Waals surface area contributed by atoms with Crippen LogP contribution in [-0.4, -0.2) is 25.7 Å². The van der Waals surface area contributed by atoms with Crippen LogP contribution in [0.2, 0.25) is 51.4 Å². The molecular weight excluding hydrogens is 647 g/mol. The van der Waals surface area contributed by atoms with E-state index in [4.69, 9.17) is 0 Å². The fraction of sp³-hybridized carbons (Fsp3) is 0.375. The van der Waals surface area contributed by atoms with E-state index >= 15 is 0 Å². The molecule has 0 unspecified atom stereocenters. The van der Waals surface area contributed by atoms with E-state index in [0.717, 1.165) is 12.8 Å². The summed E-state index contributed by atoms with van der Waals surface area (Å²) in [6.45, 7) is 14.5. The van der Waals surface area contributed by atoms with Gasteiger partial charge in [0, 0.05) is 42.0 Å². The van der Waals surface area contributed by atoms with Crippen LogP contribution in [0.1, 0.15) is 25.7 Å². The van der Waals surface area contributed by atoms with Crippen LogP contribution in [0.15, 0.2) is 96.1 Å². The van der Waals surface area contributed by atoms with Gasteiger partial charge in [-0.1, -0.05) is 135 Å². The van der Waals surface area contributed by atoms with Crippen molar-refractivity contribution in [2.24, 2.45) is 0 Å². The summed E-state index contributed by atoms with van der Waals surface area (Å²) in [6.07, 6.45) is 20.1. The molecule has 0 bridgehead atoms. The van der Waals surface area contributed by atoms with Gasteiger partial charge < -0.3 is 0 Å². The second-order valence-electron chi connectivity index (χ2n) is 11.7. The van der Waals surface area contributed by atoms with Gasteiger partial charge in [-0.3, -0.25) is 12.2 Å². The van der Waals surface area contributed by atoms with Crippen LogP contribution in [0.25, 0.3) is 0 Å². The fourth-order valence-corrected chi connectivity index (χ4v) is 6.81. The van der Waals surface area contributed by atoms with Crippen molar-refractivity contribution in [2.45, 2.75) is 77.1 Å². The van der Waals surface area contributed by atoms with Crippen LogP contribution < -0.4 is 10.4 Å². The molecule has 2 aromatic carbocycles. The van der Waals surface area contributed by atoms with Gasteiger partial charge >= 0.3 is 0 Å². The minimum Gasteiger partial charge on any atom is -0.270 e. The van der Waals surface area contributed by atoms with E-state index in [9.17, 15) is 0 Å². The van der Waals surface area contributed by atoms with Gasteiger partial charge in [-0.25, -0.2) is 23.3 Å². The van der Waals surface area contributed by atoms with E-state index in [0.29, 0.717) is 0 Å². The minimum absolute atomic E-state index is 0. The molecule has 0 aliphatic heterocycles. The second-order valence-corrected chi connectivity index (χ2v) is 24.6. The fourth-order valence-electron chi connectivity index (χ4n) is 3.55. The largest absolute Gasteiger partial charge is 0.270 e. The van der Waals surface area contributed by atoms with Crippen molar-refractivity contribution in [2.75, 3.05) is 0 Å². The molecule has 0 fully saturated rings. The predicted molar refractivity (Wildman–Crippen MR) is 166 cm³/mol. The summed E-state index contributed by atoms with van der Waals surface area (Å²) in [6, 6.07) is 24.1. The van der Waals surface area contributed by atoms with Crippen LogP contribution in [0.5, 0.6) is 0 Å². The van der Waals surface area contributed by atoms with Crippen LogP contribution in [0, 0.1) is 12.2 Å². The van der Waals surface area contributed by atoms with Crippen LogP contribution in [-0.2, 0) is 25.8 Å². The van der Waals surface area contributed by atoms with Gasteiger partial charge in [-0.15, -0.1) is 12.8 Å².